The molecule has 0 aromatic heterocycles. The maximum Gasteiger partial charge on any atom is 0.260 e. The van der Waals surface area contributed by atoms with Crippen LogP contribution in [-0.4, -0.2) is 67.6 Å². The van der Waals surface area contributed by atoms with E-state index in [1.165, 1.54) is 17.0 Å². The summed E-state index contributed by atoms with van der Waals surface area (Å²) in [4.78, 5) is 25.8. The Kier molecular flexibility index (Phi) is 11.4. The second kappa shape index (κ2) is 14.8. The van der Waals surface area contributed by atoms with Crippen molar-refractivity contribution in [2.24, 2.45) is 4.99 Å². The van der Waals surface area contributed by atoms with Crippen LogP contribution in [0.3, 0.4) is 0 Å². The van der Waals surface area contributed by atoms with Gasteiger partial charge in [0.05, 0.1) is 0 Å². The van der Waals surface area contributed by atoms with Crippen molar-refractivity contribution in [3.05, 3.63) is 84.2 Å². The first-order valence-corrected chi connectivity index (χ1v) is 15.0. The van der Waals surface area contributed by atoms with Crippen molar-refractivity contribution in [3.63, 3.8) is 0 Å². The lowest BCUT2D eigenvalue weighted by Gasteiger charge is -2.34. The van der Waals surface area contributed by atoms with Gasteiger partial charge >= 0.3 is 0 Å². The van der Waals surface area contributed by atoms with Crippen LogP contribution in [0, 0.1) is 0 Å². The minimum atomic E-state index is -0.0527. The van der Waals surface area contributed by atoms with Gasteiger partial charge in [-0.1, -0.05) is 45.1 Å². The molecule has 6 nitrogen and oxygen atoms in total. The predicted molar refractivity (Wildman–Crippen MR) is 170 cm³/mol. The first-order valence-electron chi connectivity index (χ1n) is 13.8. The Morgan fingerprint density at radius 3 is 2.18 bits per heavy atom. The average Bonchev–Trinajstić information content (AvgIpc) is 2.95. The van der Waals surface area contributed by atoms with Gasteiger partial charge in [0.1, 0.15) is 11.7 Å². The fraction of sp³-hybridized carbons (Fsp3) is 0.375. The zero-order chi connectivity index (χ0) is 28.4. The number of benzene rings is 2. The summed E-state index contributed by atoms with van der Waals surface area (Å²) in [5.74, 6) is 1.05. The molecule has 1 N–H and O–H groups in total. The Hall–Kier alpha value is -3.29. The van der Waals surface area contributed by atoms with Crippen molar-refractivity contribution in [1.29, 1.82) is 0 Å². The molecule has 0 unspecified atom stereocenters. The van der Waals surface area contributed by atoms with Crippen LogP contribution in [0.25, 0.3) is 5.57 Å². The van der Waals surface area contributed by atoms with Gasteiger partial charge in [0.15, 0.2) is 0 Å². The number of carbonyl (C=O) groups excluding carboxylic acids is 1. The lowest BCUT2D eigenvalue weighted by molar-refractivity contribution is -0.121. The highest BCUT2D eigenvalue weighted by atomic mass is 32.2. The Balaban J connectivity index is 0.00000134. The van der Waals surface area contributed by atoms with E-state index in [2.05, 4.69) is 66.9 Å². The molecule has 0 bridgehead atoms. The summed E-state index contributed by atoms with van der Waals surface area (Å²) in [5.41, 5.74) is 4.62. The second-order valence-electron chi connectivity index (χ2n) is 9.63. The number of nitrogens with zero attached hydrogens (tertiary/aromatic N) is 4. The number of anilines is 2. The number of hydrogen-bond acceptors (Lipinski definition) is 6. The van der Waals surface area contributed by atoms with Gasteiger partial charge in [-0.15, -0.1) is 11.8 Å². The summed E-state index contributed by atoms with van der Waals surface area (Å²) in [6.45, 7) is 17.0. The topological polar surface area (TPSA) is 51.2 Å². The third-order valence-corrected chi connectivity index (χ3v) is 7.33. The number of thioether (sulfide) groups is 1. The molecule has 1 amide bonds. The van der Waals surface area contributed by atoms with Gasteiger partial charge in [0, 0.05) is 60.1 Å². The molecule has 1 saturated heterocycles. The minimum absolute atomic E-state index is 0.0527. The smallest absolute Gasteiger partial charge is 0.260 e. The van der Waals surface area contributed by atoms with Crippen LogP contribution < -0.4 is 10.2 Å². The van der Waals surface area contributed by atoms with Crippen molar-refractivity contribution in [1.82, 2.24) is 9.80 Å². The molecule has 2 heterocycles. The van der Waals surface area contributed by atoms with Crippen molar-refractivity contribution in [2.75, 3.05) is 56.2 Å². The van der Waals surface area contributed by atoms with Gasteiger partial charge in [0.25, 0.3) is 5.91 Å². The normalized spacial score (nSPS) is 18.1. The highest BCUT2D eigenvalue weighted by Gasteiger charge is 2.29. The summed E-state index contributed by atoms with van der Waals surface area (Å²) < 4.78 is 0. The summed E-state index contributed by atoms with van der Waals surface area (Å²) in [5, 5.41) is 3.29. The van der Waals surface area contributed by atoms with E-state index in [0.717, 1.165) is 43.0 Å². The van der Waals surface area contributed by atoms with Crippen LogP contribution in [0.15, 0.2) is 88.5 Å². The zero-order valence-corrected chi connectivity index (χ0v) is 25.1. The molecule has 4 rings (SSSR count). The zero-order valence-electron chi connectivity index (χ0n) is 24.3. The van der Waals surface area contributed by atoms with Crippen LogP contribution in [0.2, 0.25) is 0 Å². The predicted octanol–water partition coefficient (Wildman–Crippen LogP) is 6.75. The van der Waals surface area contributed by atoms with Gasteiger partial charge in [-0.25, -0.2) is 4.99 Å². The summed E-state index contributed by atoms with van der Waals surface area (Å²) in [6, 6.07) is 16.5. The molecule has 0 atom stereocenters. The van der Waals surface area contributed by atoms with Crippen LogP contribution in [0.1, 0.15) is 39.7 Å². The van der Waals surface area contributed by atoms with Crippen molar-refractivity contribution < 1.29 is 4.79 Å². The molecule has 2 aromatic rings. The number of amidine groups is 1. The van der Waals surface area contributed by atoms with E-state index in [9.17, 15) is 4.79 Å². The number of rotatable bonds is 7. The molecule has 0 aliphatic carbocycles. The number of hydrogen-bond donors (Lipinski definition) is 1. The monoisotopic (exact) mass is 545 g/mol. The molecular weight excluding hydrogens is 502 g/mol. The number of allylic oxidation sites excluding steroid dienone is 1. The first-order chi connectivity index (χ1) is 18.8. The number of piperazine rings is 1. The van der Waals surface area contributed by atoms with E-state index in [4.69, 9.17) is 4.99 Å². The van der Waals surface area contributed by atoms with E-state index in [-0.39, 0.29) is 5.91 Å². The summed E-state index contributed by atoms with van der Waals surface area (Å²) in [7, 11) is 2.16. The molecule has 0 saturated carbocycles. The average molecular weight is 546 g/mol. The van der Waals surface area contributed by atoms with E-state index in [1.807, 2.05) is 56.5 Å². The van der Waals surface area contributed by atoms with Gasteiger partial charge in [0.2, 0.25) is 0 Å². The Morgan fingerprint density at radius 2 is 1.64 bits per heavy atom. The molecule has 7 heteroatoms. The van der Waals surface area contributed by atoms with Crippen LogP contribution >= 0.6 is 11.8 Å². The second-order valence-corrected chi connectivity index (χ2v) is 10.5. The standard InChI is InChI=1S/C29H35N5OS.C3H8/c1-6-22-20-27(23-8-14-26(36-5)15-9-23)29(35)34(7-2)28(22)31-21(3)30-24-10-12-25(13-11-24)33-18-16-32(4)17-19-33;1-3-2/h6,8-15,20,30H,3,7,16-19H2,1-2,4-5H3;3H2,1-2H3/b22-6-,31-28+;. The maximum atomic E-state index is 13.4. The molecule has 0 spiro atoms. The number of aliphatic imine (C=N–C) groups is 1. The number of nitrogens with one attached hydrogen (secondary N) is 1. The van der Waals surface area contributed by atoms with Crippen molar-refractivity contribution >= 4 is 40.5 Å². The van der Waals surface area contributed by atoms with Crippen LogP contribution in [0.5, 0.6) is 0 Å². The number of amides is 1. The highest BCUT2D eigenvalue weighted by Crippen LogP contribution is 2.29. The van der Waals surface area contributed by atoms with Gasteiger partial charge in [-0.2, -0.15) is 0 Å². The van der Waals surface area contributed by atoms with E-state index < -0.39 is 0 Å². The molecule has 2 aromatic carbocycles. The fourth-order valence-electron chi connectivity index (χ4n) is 4.43. The fourth-order valence-corrected chi connectivity index (χ4v) is 4.84. The Morgan fingerprint density at radius 1 is 1.03 bits per heavy atom. The quantitative estimate of drug-likeness (QED) is 0.390. The largest absolute Gasteiger partial charge is 0.369 e. The number of likely N-dealkylation sites (N-methyl/N-ethyl adjacent to an activating group) is 2. The van der Waals surface area contributed by atoms with Gasteiger partial charge in [-0.05, 0) is 75.2 Å². The lowest BCUT2D eigenvalue weighted by Crippen LogP contribution is -2.44. The van der Waals surface area contributed by atoms with Crippen LogP contribution in [0.4, 0.5) is 11.4 Å². The first kappa shape index (κ1) is 30.3. The summed E-state index contributed by atoms with van der Waals surface area (Å²) in [6.07, 6.45) is 7.21. The number of carbonyl (C=O) groups is 1. The van der Waals surface area contributed by atoms with E-state index >= 15 is 0 Å². The molecule has 0 radical (unpaired) electrons. The third kappa shape index (κ3) is 7.87. The maximum absolute atomic E-state index is 13.4. The Labute approximate surface area is 239 Å². The van der Waals surface area contributed by atoms with Crippen LogP contribution in [-0.2, 0) is 4.79 Å². The molecule has 2 aliphatic rings. The molecular formula is C32H43N5OS. The van der Waals surface area contributed by atoms with Crippen molar-refractivity contribution in [2.45, 2.75) is 39.0 Å². The lowest BCUT2D eigenvalue weighted by atomic mass is 9.96. The SMILES string of the molecule is C=C(/N=C1\C(=C/C)C=C(c2ccc(SC)cc2)C(=O)N1CC)Nc1ccc(N2CCN(C)CC2)cc1.CCC. The van der Waals surface area contributed by atoms with E-state index in [1.54, 1.807) is 16.7 Å². The molecule has 1 fully saturated rings. The van der Waals surface area contributed by atoms with Gasteiger partial charge in [-0.3, -0.25) is 9.69 Å². The van der Waals surface area contributed by atoms with Crippen molar-refractivity contribution in [3.8, 4) is 0 Å². The third-order valence-electron chi connectivity index (χ3n) is 6.58. The highest BCUT2D eigenvalue weighted by molar-refractivity contribution is 7.98. The summed E-state index contributed by atoms with van der Waals surface area (Å²) >= 11 is 1.68. The van der Waals surface area contributed by atoms with Gasteiger partial charge < -0.3 is 15.1 Å². The molecule has 2 aliphatic heterocycles. The van der Waals surface area contributed by atoms with E-state index in [0.29, 0.717) is 23.8 Å². The molecule has 208 valence electrons. The Bertz CT molecular complexity index is 1210. The minimum Gasteiger partial charge on any atom is -0.369 e. The molecule has 39 heavy (non-hydrogen) atoms.